The van der Waals surface area contributed by atoms with E-state index in [4.69, 9.17) is 33.0 Å². The third-order valence-corrected chi connectivity index (χ3v) is 7.11. The second kappa shape index (κ2) is 12.2. The van der Waals surface area contributed by atoms with Gasteiger partial charge in [-0.2, -0.15) is 0 Å². The van der Waals surface area contributed by atoms with Gasteiger partial charge in [-0.1, -0.05) is 47.5 Å². The van der Waals surface area contributed by atoms with Gasteiger partial charge < -0.3 is 19.7 Å². The summed E-state index contributed by atoms with van der Waals surface area (Å²) in [4.78, 5) is 31.8. The fraction of sp³-hybridized carbons (Fsp3) is 0.0968. The lowest BCUT2D eigenvalue weighted by atomic mass is 10.1. The number of fused-ring (bicyclic) bond motifs is 1. The van der Waals surface area contributed by atoms with Gasteiger partial charge in [0.2, 0.25) is 5.91 Å². The van der Waals surface area contributed by atoms with Crippen LogP contribution < -0.4 is 10.1 Å². The number of aryl methyl sites for hydroxylation is 1. The van der Waals surface area contributed by atoms with Crippen molar-refractivity contribution in [3.63, 3.8) is 0 Å². The molecule has 8 nitrogen and oxygen atoms in total. The smallest absolute Gasteiger partial charge is 0.354 e. The number of hydrogen-bond acceptors (Lipinski definition) is 5. The van der Waals surface area contributed by atoms with Gasteiger partial charge in [-0.3, -0.25) is 4.79 Å². The van der Waals surface area contributed by atoms with Crippen LogP contribution in [0.4, 0.5) is 0 Å². The number of para-hydroxylation sites is 1. The molecule has 0 bridgehead atoms. The highest BCUT2D eigenvalue weighted by molar-refractivity contribution is 6.37. The maximum absolute atomic E-state index is 12.4. The summed E-state index contributed by atoms with van der Waals surface area (Å²) in [7, 11) is 0. The van der Waals surface area contributed by atoms with E-state index in [9.17, 15) is 9.59 Å². The molecule has 5 aromatic rings. The van der Waals surface area contributed by atoms with E-state index in [-0.39, 0.29) is 24.8 Å². The Bertz CT molecular complexity index is 1780. The lowest BCUT2D eigenvalue weighted by molar-refractivity contribution is -0.116. The Labute approximate surface area is 245 Å². The molecule has 0 aliphatic heterocycles. The summed E-state index contributed by atoms with van der Waals surface area (Å²) in [5.41, 5.74) is 4.31. The van der Waals surface area contributed by atoms with Crippen molar-refractivity contribution < 1.29 is 19.4 Å². The first kappa shape index (κ1) is 27.9. The van der Waals surface area contributed by atoms with Gasteiger partial charge in [0.05, 0.1) is 17.3 Å². The highest BCUT2D eigenvalue weighted by Gasteiger charge is 2.16. The minimum atomic E-state index is -1.11. The zero-order chi connectivity index (χ0) is 28.9. The number of nitrogens with zero attached hydrogens (tertiary/aromatic N) is 3. The molecule has 0 fully saturated rings. The van der Waals surface area contributed by atoms with Crippen molar-refractivity contribution >= 4 is 52.1 Å². The molecular formula is C31H24Cl2N4O4. The van der Waals surface area contributed by atoms with Crippen molar-refractivity contribution in [1.29, 1.82) is 0 Å². The summed E-state index contributed by atoms with van der Waals surface area (Å²) in [6.07, 6.45) is 6.16. The lowest BCUT2D eigenvalue weighted by Crippen LogP contribution is -2.21. The van der Waals surface area contributed by atoms with Crippen LogP contribution in [0.5, 0.6) is 5.75 Å². The van der Waals surface area contributed by atoms with Crippen LogP contribution in [-0.4, -0.2) is 31.5 Å². The van der Waals surface area contributed by atoms with Crippen molar-refractivity contribution in [3.8, 4) is 11.4 Å². The molecular weight excluding hydrogens is 563 g/mol. The molecule has 0 unspecified atom stereocenters. The van der Waals surface area contributed by atoms with Gasteiger partial charge in [0.25, 0.3) is 0 Å². The first-order valence-electron chi connectivity index (χ1n) is 12.6. The third kappa shape index (κ3) is 6.40. The fourth-order valence-electron chi connectivity index (χ4n) is 4.22. The number of carboxylic acids is 1. The standard InChI is InChI=1S/C31H24Cl2N4O4/c1-19-7-10-21-4-2-6-27(30(21)36-19)41-18-23-24(32)11-13-26(29(23)33)37-15-3-5-22(37)17-35-28(38)14-9-20-8-12-25(31(39)40)34-16-20/h2-16H,17-18H2,1H3,(H,35,38)(H,39,40)/b14-9+. The number of halogens is 2. The van der Waals surface area contributed by atoms with Gasteiger partial charge >= 0.3 is 5.97 Å². The molecule has 206 valence electrons. The lowest BCUT2D eigenvalue weighted by Gasteiger charge is -2.16. The number of aromatic carboxylic acids is 1. The van der Waals surface area contributed by atoms with Crippen molar-refractivity contribution in [2.75, 3.05) is 0 Å². The number of benzene rings is 2. The Morgan fingerprint density at radius 3 is 2.68 bits per heavy atom. The number of carbonyl (C=O) groups is 2. The zero-order valence-electron chi connectivity index (χ0n) is 21.8. The van der Waals surface area contributed by atoms with Crippen molar-refractivity contribution in [2.24, 2.45) is 0 Å². The van der Waals surface area contributed by atoms with Crippen LogP contribution in [0.2, 0.25) is 10.0 Å². The van der Waals surface area contributed by atoms with Gasteiger partial charge in [0.15, 0.2) is 0 Å². The van der Waals surface area contributed by atoms with E-state index in [1.54, 1.807) is 18.2 Å². The molecule has 0 atom stereocenters. The van der Waals surface area contributed by atoms with Gasteiger partial charge in [-0.25, -0.2) is 14.8 Å². The average Bonchev–Trinajstić information content (AvgIpc) is 3.43. The number of amides is 1. The van der Waals surface area contributed by atoms with Crippen LogP contribution >= 0.6 is 23.2 Å². The molecule has 0 saturated heterocycles. The molecule has 10 heteroatoms. The maximum atomic E-state index is 12.4. The van der Waals surface area contributed by atoms with Crippen LogP contribution in [0.3, 0.4) is 0 Å². The number of pyridine rings is 2. The number of rotatable bonds is 9. The minimum Gasteiger partial charge on any atom is -0.487 e. The van der Waals surface area contributed by atoms with E-state index in [0.29, 0.717) is 32.6 Å². The SMILES string of the molecule is Cc1ccc2cccc(OCc3c(Cl)ccc(-n4cccc4CNC(=O)/C=C/c4ccc(C(=O)O)nc4)c3Cl)c2n1. The first-order valence-corrected chi connectivity index (χ1v) is 13.3. The molecule has 2 N–H and O–H groups in total. The van der Waals surface area contributed by atoms with E-state index >= 15 is 0 Å². The number of ether oxygens (including phenoxy) is 1. The number of hydrogen-bond donors (Lipinski definition) is 2. The van der Waals surface area contributed by atoms with Crippen molar-refractivity contribution in [2.45, 2.75) is 20.1 Å². The fourth-order valence-corrected chi connectivity index (χ4v) is 4.79. The van der Waals surface area contributed by atoms with Crippen molar-refractivity contribution in [3.05, 3.63) is 123 Å². The Kier molecular flexibility index (Phi) is 8.33. The number of aromatic nitrogens is 3. The predicted octanol–water partition coefficient (Wildman–Crippen LogP) is 6.64. The Balaban J connectivity index is 1.29. The highest BCUT2D eigenvalue weighted by Crippen LogP contribution is 2.33. The average molecular weight is 587 g/mol. The van der Waals surface area contributed by atoms with E-state index < -0.39 is 5.97 Å². The molecule has 0 aliphatic carbocycles. The van der Waals surface area contributed by atoms with E-state index in [1.165, 1.54) is 18.3 Å². The molecule has 2 aromatic carbocycles. The normalized spacial score (nSPS) is 11.2. The second-order valence-electron chi connectivity index (χ2n) is 9.13. The van der Waals surface area contributed by atoms with Crippen LogP contribution in [0.15, 0.2) is 85.2 Å². The monoisotopic (exact) mass is 586 g/mol. The predicted molar refractivity (Wildman–Crippen MR) is 159 cm³/mol. The summed E-state index contributed by atoms with van der Waals surface area (Å²) in [6.45, 7) is 2.30. The molecule has 3 heterocycles. The first-order chi connectivity index (χ1) is 19.8. The molecule has 1 amide bonds. The van der Waals surface area contributed by atoms with Gasteiger partial charge in [0, 0.05) is 45.8 Å². The summed E-state index contributed by atoms with van der Waals surface area (Å²) in [5, 5.41) is 13.7. The Morgan fingerprint density at radius 2 is 1.90 bits per heavy atom. The minimum absolute atomic E-state index is 0.0661. The largest absolute Gasteiger partial charge is 0.487 e. The summed E-state index contributed by atoms with van der Waals surface area (Å²) in [5.74, 6) is -0.802. The van der Waals surface area contributed by atoms with Crippen LogP contribution in [0, 0.1) is 6.92 Å². The van der Waals surface area contributed by atoms with E-state index in [0.717, 1.165) is 22.3 Å². The zero-order valence-corrected chi connectivity index (χ0v) is 23.4. The molecule has 5 rings (SSSR count). The Hall–Kier alpha value is -4.66. The maximum Gasteiger partial charge on any atom is 0.354 e. The molecule has 0 spiro atoms. The van der Waals surface area contributed by atoms with E-state index in [2.05, 4.69) is 15.3 Å². The second-order valence-corrected chi connectivity index (χ2v) is 9.92. The summed E-state index contributed by atoms with van der Waals surface area (Å²) < 4.78 is 8.02. The Morgan fingerprint density at radius 1 is 1.05 bits per heavy atom. The quantitative estimate of drug-likeness (QED) is 0.187. The summed E-state index contributed by atoms with van der Waals surface area (Å²) in [6, 6.07) is 20.0. The van der Waals surface area contributed by atoms with Crippen LogP contribution in [0.25, 0.3) is 22.7 Å². The number of carboxylic acid groups (broad SMARTS) is 1. The molecule has 41 heavy (non-hydrogen) atoms. The van der Waals surface area contributed by atoms with Gasteiger partial charge in [-0.05, 0) is 61.0 Å². The van der Waals surface area contributed by atoms with Gasteiger partial charge in [-0.15, -0.1) is 0 Å². The highest BCUT2D eigenvalue weighted by atomic mass is 35.5. The number of carbonyl (C=O) groups excluding carboxylic acids is 1. The van der Waals surface area contributed by atoms with Crippen molar-refractivity contribution in [1.82, 2.24) is 19.9 Å². The van der Waals surface area contributed by atoms with Crippen LogP contribution in [0.1, 0.15) is 33.0 Å². The molecule has 0 saturated carbocycles. The molecule has 0 aliphatic rings. The van der Waals surface area contributed by atoms with E-state index in [1.807, 2.05) is 66.2 Å². The summed E-state index contributed by atoms with van der Waals surface area (Å²) >= 11 is 13.4. The third-order valence-electron chi connectivity index (χ3n) is 6.33. The number of nitrogens with one attached hydrogen (secondary N) is 1. The topological polar surface area (TPSA) is 106 Å². The molecule has 3 aromatic heterocycles. The molecule has 0 radical (unpaired) electrons. The van der Waals surface area contributed by atoms with Crippen LogP contribution in [-0.2, 0) is 17.9 Å². The van der Waals surface area contributed by atoms with Gasteiger partial charge in [0.1, 0.15) is 23.6 Å².